The van der Waals surface area contributed by atoms with Crippen molar-refractivity contribution in [2.75, 3.05) is 23.3 Å². The van der Waals surface area contributed by atoms with E-state index in [0.29, 0.717) is 23.4 Å². The molecule has 1 N–H and O–H groups in total. The lowest BCUT2D eigenvalue weighted by molar-refractivity contribution is -0.137. The third-order valence-corrected chi connectivity index (χ3v) is 7.09. The molecule has 11 heteroatoms. The van der Waals surface area contributed by atoms with Gasteiger partial charge in [0.2, 0.25) is 11.9 Å². The van der Waals surface area contributed by atoms with Gasteiger partial charge in [0, 0.05) is 13.1 Å². The van der Waals surface area contributed by atoms with Gasteiger partial charge in [-0.05, 0) is 43.0 Å². The molecule has 1 aliphatic heterocycles. The van der Waals surface area contributed by atoms with Gasteiger partial charge >= 0.3 is 6.18 Å². The van der Waals surface area contributed by atoms with E-state index in [1.807, 2.05) is 24.5 Å². The summed E-state index contributed by atoms with van der Waals surface area (Å²) >= 11 is 1.19. The van der Waals surface area contributed by atoms with E-state index in [4.69, 9.17) is 4.42 Å². The molecule has 0 bridgehead atoms. The highest BCUT2D eigenvalue weighted by molar-refractivity contribution is 8.00. The van der Waals surface area contributed by atoms with E-state index in [2.05, 4.69) is 20.4 Å². The topological polar surface area (TPSA) is 76.2 Å². The van der Waals surface area contributed by atoms with Gasteiger partial charge in [0.15, 0.2) is 5.16 Å². The van der Waals surface area contributed by atoms with E-state index < -0.39 is 22.9 Å². The molecule has 1 amide bonds. The summed E-state index contributed by atoms with van der Waals surface area (Å²) in [6, 6.07) is 8.62. The van der Waals surface area contributed by atoms with Crippen molar-refractivity contribution in [2.24, 2.45) is 5.92 Å². The van der Waals surface area contributed by atoms with Crippen molar-refractivity contribution in [1.82, 2.24) is 14.8 Å². The van der Waals surface area contributed by atoms with Crippen LogP contribution in [0.4, 0.5) is 24.8 Å². The number of carbonyl (C=O) groups is 1. The smallest absolute Gasteiger partial charge is 0.418 e. The first-order valence-electron chi connectivity index (χ1n) is 11.1. The summed E-state index contributed by atoms with van der Waals surface area (Å²) in [6.45, 7) is 5.81. The number of carbonyl (C=O) groups excluding carboxylic acids is 1. The summed E-state index contributed by atoms with van der Waals surface area (Å²) in [4.78, 5) is 15.3. The van der Waals surface area contributed by atoms with Gasteiger partial charge in [0.05, 0.1) is 29.3 Å². The summed E-state index contributed by atoms with van der Waals surface area (Å²) in [7, 11) is 0. The second kappa shape index (κ2) is 10.1. The average Bonchev–Trinajstić information content (AvgIpc) is 3.54. The third-order valence-electron chi connectivity index (χ3n) is 5.57. The number of benzene rings is 1. The molecule has 7 nitrogen and oxygen atoms in total. The number of rotatable bonds is 8. The zero-order valence-electron chi connectivity index (χ0n) is 18.9. The number of hydrogen-bond acceptors (Lipinski definition) is 6. The summed E-state index contributed by atoms with van der Waals surface area (Å²) in [5.41, 5.74) is -1.14. The van der Waals surface area contributed by atoms with Gasteiger partial charge in [-0.3, -0.25) is 9.36 Å². The number of anilines is 2. The Morgan fingerprint density at radius 1 is 1.15 bits per heavy atom. The van der Waals surface area contributed by atoms with Crippen molar-refractivity contribution in [3.63, 3.8) is 0 Å². The van der Waals surface area contributed by atoms with Gasteiger partial charge in [-0.15, -0.1) is 10.2 Å². The second-order valence-corrected chi connectivity index (χ2v) is 9.57. The number of hydrogen-bond donors (Lipinski definition) is 1. The van der Waals surface area contributed by atoms with Crippen LogP contribution in [0.3, 0.4) is 0 Å². The Balaban J connectivity index is 1.60. The number of halogens is 3. The lowest BCUT2D eigenvalue weighted by Gasteiger charge is -2.22. The Morgan fingerprint density at radius 2 is 1.88 bits per heavy atom. The third kappa shape index (κ3) is 5.40. The number of alkyl halides is 3. The summed E-state index contributed by atoms with van der Waals surface area (Å²) in [5, 5.41) is 11.0. The van der Waals surface area contributed by atoms with Crippen molar-refractivity contribution >= 4 is 29.3 Å². The first-order chi connectivity index (χ1) is 16.2. The number of para-hydroxylation sites is 1. The summed E-state index contributed by atoms with van der Waals surface area (Å²) in [6.07, 6.45) is -0.861. The van der Waals surface area contributed by atoms with Gasteiger partial charge in [-0.25, -0.2) is 0 Å². The highest BCUT2D eigenvalue weighted by Crippen LogP contribution is 2.36. The van der Waals surface area contributed by atoms with E-state index >= 15 is 0 Å². The molecule has 2 aromatic heterocycles. The molecule has 0 saturated carbocycles. The van der Waals surface area contributed by atoms with Crippen molar-refractivity contribution < 1.29 is 22.4 Å². The molecule has 0 spiro atoms. The number of thioether (sulfide) groups is 1. The fourth-order valence-corrected chi connectivity index (χ4v) is 4.89. The Hall–Kier alpha value is -2.95. The Bertz CT molecular complexity index is 1110. The molecule has 1 aromatic carbocycles. The molecule has 0 aliphatic carbocycles. The van der Waals surface area contributed by atoms with E-state index in [9.17, 15) is 18.0 Å². The lowest BCUT2D eigenvalue weighted by atomic mass is 10.1. The van der Waals surface area contributed by atoms with Crippen LogP contribution in [0.15, 0.2) is 52.2 Å². The predicted molar refractivity (Wildman–Crippen MR) is 124 cm³/mol. The Kier molecular flexibility index (Phi) is 7.20. The molecule has 1 unspecified atom stereocenters. The molecular weight excluding hydrogens is 467 g/mol. The van der Waals surface area contributed by atoms with E-state index in [0.717, 1.165) is 32.0 Å². The maximum absolute atomic E-state index is 13.4. The number of furan rings is 1. The monoisotopic (exact) mass is 493 g/mol. The minimum absolute atomic E-state index is 0.174. The molecule has 1 atom stereocenters. The Labute approximate surface area is 199 Å². The molecule has 4 rings (SSSR count). The Morgan fingerprint density at radius 3 is 2.53 bits per heavy atom. The first kappa shape index (κ1) is 24.2. The van der Waals surface area contributed by atoms with Crippen LogP contribution in [0.25, 0.3) is 0 Å². The van der Waals surface area contributed by atoms with Crippen LogP contribution in [-0.4, -0.2) is 39.0 Å². The van der Waals surface area contributed by atoms with Gasteiger partial charge in [0.1, 0.15) is 5.76 Å². The van der Waals surface area contributed by atoms with Gasteiger partial charge in [0.25, 0.3) is 0 Å². The molecule has 1 fully saturated rings. The second-order valence-electron chi connectivity index (χ2n) is 8.46. The van der Waals surface area contributed by atoms with Crippen molar-refractivity contribution in [3.05, 3.63) is 54.0 Å². The van der Waals surface area contributed by atoms with Gasteiger partial charge in [-0.1, -0.05) is 37.7 Å². The van der Waals surface area contributed by atoms with Crippen LogP contribution >= 0.6 is 11.8 Å². The quantitative estimate of drug-likeness (QED) is 0.430. The molecular formula is C23H26F3N5O2S. The lowest BCUT2D eigenvalue weighted by Crippen LogP contribution is -2.31. The van der Waals surface area contributed by atoms with E-state index in [1.54, 1.807) is 12.3 Å². The number of nitrogens with zero attached hydrogens (tertiary/aromatic N) is 4. The highest BCUT2D eigenvalue weighted by atomic mass is 32.2. The van der Waals surface area contributed by atoms with E-state index in [-0.39, 0.29) is 11.6 Å². The summed E-state index contributed by atoms with van der Waals surface area (Å²) in [5.74, 6) is 0.715. The highest BCUT2D eigenvalue weighted by Gasteiger charge is 2.35. The fourth-order valence-electron chi connectivity index (χ4n) is 3.87. The van der Waals surface area contributed by atoms with Crippen LogP contribution in [0.1, 0.15) is 38.0 Å². The minimum Gasteiger partial charge on any atom is -0.467 e. The first-order valence-corrected chi connectivity index (χ1v) is 12.0. The van der Waals surface area contributed by atoms with Gasteiger partial charge in [-0.2, -0.15) is 13.2 Å². The van der Waals surface area contributed by atoms with Crippen LogP contribution < -0.4 is 10.2 Å². The van der Waals surface area contributed by atoms with Crippen LogP contribution in [-0.2, 0) is 17.5 Å². The zero-order valence-corrected chi connectivity index (χ0v) is 19.7. The SMILES string of the molecule is CC(C)C(Sc1nnc(N2CCCC2)n1Cc1ccco1)C(=O)Nc1ccccc1C(F)(F)F. The predicted octanol–water partition coefficient (Wildman–Crippen LogP) is 5.29. The molecule has 1 aliphatic rings. The number of amides is 1. The minimum atomic E-state index is -4.57. The summed E-state index contributed by atoms with van der Waals surface area (Å²) < 4.78 is 47.6. The largest absolute Gasteiger partial charge is 0.467 e. The van der Waals surface area contributed by atoms with Crippen molar-refractivity contribution in [1.29, 1.82) is 0 Å². The van der Waals surface area contributed by atoms with Crippen LogP contribution in [0, 0.1) is 5.92 Å². The maximum Gasteiger partial charge on any atom is 0.418 e. The molecule has 0 radical (unpaired) electrons. The molecule has 3 aromatic rings. The van der Waals surface area contributed by atoms with Gasteiger partial charge < -0.3 is 14.6 Å². The fraction of sp³-hybridized carbons (Fsp3) is 0.435. The maximum atomic E-state index is 13.4. The normalized spacial score (nSPS) is 15.2. The van der Waals surface area contributed by atoms with Crippen molar-refractivity contribution in [2.45, 2.75) is 49.8 Å². The molecule has 1 saturated heterocycles. The molecule has 3 heterocycles. The van der Waals surface area contributed by atoms with Crippen molar-refractivity contribution in [3.8, 4) is 0 Å². The number of aromatic nitrogens is 3. The number of nitrogens with one attached hydrogen (secondary N) is 1. The van der Waals surface area contributed by atoms with E-state index in [1.165, 1.54) is 30.0 Å². The molecule has 34 heavy (non-hydrogen) atoms. The zero-order chi connectivity index (χ0) is 24.3. The van der Waals surface area contributed by atoms with Crippen LogP contribution in [0.5, 0.6) is 0 Å². The van der Waals surface area contributed by atoms with Crippen LogP contribution in [0.2, 0.25) is 0 Å². The molecule has 182 valence electrons. The average molecular weight is 494 g/mol. The standard InChI is InChI=1S/C23H26F3N5O2S/c1-15(2)19(20(32)27-18-10-4-3-9-17(18)23(24,25)26)34-22-29-28-21(30-11-5-6-12-30)31(22)14-16-8-7-13-33-16/h3-4,7-10,13,15,19H,5-6,11-12,14H2,1-2H3,(H,27,32).